The summed E-state index contributed by atoms with van der Waals surface area (Å²) in [5.41, 5.74) is 0.815. The minimum absolute atomic E-state index is 0.0834. The molecular weight excluding hydrogens is 249 g/mol. The van der Waals surface area contributed by atoms with Crippen molar-refractivity contribution in [3.8, 4) is 0 Å². The van der Waals surface area contributed by atoms with Crippen molar-refractivity contribution in [2.24, 2.45) is 5.92 Å². The third-order valence-corrected chi connectivity index (χ3v) is 4.76. The molecule has 1 fully saturated rings. The van der Waals surface area contributed by atoms with Crippen LogP contribution in [-0.4, -0.2) is 6.04 Å². The van der Waals surface area contributed by atoms with Crippen LogP contribution in [0.3, 0.4) is 0 Å². The van der Waals surface area contributed by atoms with Crippen LogP contribution in [0.2, 0.25) is 0 Å². The first-order chi connectivity index (χ1) is 9.72. The zero-order valence-electron chi connectivity index (χ0n) is 12.9. The third kappa shape index (κ3) is 4.05. The maximum atomic E-state index is 13.9. The van der Waals surface area contributed by atoms with E-state index in [1.165, 1.54) is 38.5 Å². The molecule has 112 valence electrons. The summed E-state index contributed by atoms with van der Waals surface area (Å²) in [6, 6.07) is 7.78. The Morgan fingerprint density at radius 1 is 1.15 bits per heavy atom. The van der Waals surface area contributed by atoms with Gasteiger partial charge in [0.1, 0.15) is 5.82 Å². The molecule has 1 aliphatic rings. The van der Waals surface area contributed by atoms with E-state index in [-0.39, 0.29) is 11.9 Å². The first kappa shape index (κ1) is 15.5. The Bertz CT molecular complexity index is 396. The fraction of sp³-hybridized carbons (Fsp3) is 0.667. The van der Waals surface area contributed by atoms with E-state index >= 15 is 0 Å². The van der Waals surface area contributed by atoms with Gasteiger partial charge in [0.2, 0.25) is 0 Å². The zero-order valence-corrected chi connectivity index (χ0v) is 12.9. The normalized spacial score (nSPS) is 20.4. The summed E-state index contributed by atoms with van der Waals surface area (Å²) >= 11 is 0. The summed E-state index contributed by atoms with van der Waals surface area (Å²) in [5.74, 6) is 0.665. The van der Waals surface area contributed by atoms with Crippen molar-refractivity contribution in [1.29, 1.82) is 0 Å². The maximum absolute atomic E-state index is 13.9. The molecule has 1 unspecified atom stereocenters. The molecule has 0 aliphatic heterocycles. The van der Waals surface area contributed by atoms with Gasteiger partial charge < -0.3 is 5.32 Å². The van der Waals surface area contributed by atoms with Crippen LogP contribution in [0, 0.1) is 11.7 Å². The molecular formula is C18H28FN. The molecule has 1 aromatic carbocycles. The van der Waals surface area contributed by atoms with Gasteiger partial charge in [-0.15, -0.1) is 0 Å². The van der Waals surface area contributed by atoms with E-state index in [4.69, 9.17) is 0 Å². The van der Waals surface area contributed by atoms with Crippen LogP contribution >= 0.6 is 0 Å². The van der Waals surface area contributed by atoms with E-state index in [9.17, 15) is 4.39 Å². The SMILES string of the molecule is CCC(N[C@@H](C)C1CCCCCC1)c1ccccc1F. The second-order valence-electron chi connectivity index (χ2n) is 6.19. The molecule has 1 N–H and O–H groups in total. The summed E-state index contributed by atoms with van der Waals surface area (Å²) in [7, 11) is 0. The Hall–Kier alpha value is -0.890. The van der Waals surface area contributed by atoms with Crippen LogP contribution in [-0.2, 0) is 0 Å². The average Bonchev–Trinajstić information content (AvgIpc) is 2.74. The molecule has 0 bridgehead atoms. The highest BCUT2D eigenvalue weighted by Gasteiger charge is 2.22. The predicted octanol–water partition coefficient (Wildman–Crippen LogP) is 5.23. The number of halogens is 1. The fourth-order valence-electron chi connectivity index (χ4n) is 3.45. The van der Waals surface area contributed by atoms with E-state index in [1.807, 2.05) is 12.1 Å². The third-order valence-electron chi connectivity index (χ3n) is 4.76. The van der Waals surface area contributed by atoms with Gasteiger partial charge in [0.25, 0.3) is 0 Å². The topological polar surface area (TPSA) is 12.0 Å². The molecule has 1 saturated carbocycles. The number of hydrogen-bond acceptors (Lipinski definition) is 1. The van der Waals surface area contributed by atoms with Crippen molar-refractivity contribution in [2.45, 2.75) is 70.9 Å². The highest BCUT2D eigenvalue weighted by molar-refractivity contribution is 5.21. The van der Waals surface area contributed by atoms with Crippen molar-refractivity contribution in [3.63, 3.8) is 0 Å². The molecule has 0 aromatic heterocycles. The van der Waals surface area contributed by atoms with Gasteiger partial charge >= 0.3 is 0 Å². The minimum Gasteiger partial charge on any atom is -0.307 e. The molecule has 2 heteroatoms. The van der Waals surface area contributed by atoms with Crippen molar-refractivity contribution < 1.29 is 4.39 Å². The van der Waals surface area contributed by atoms with Crippen LogP contribution in [0.15, 0.2) is 24.3 Å². The minimum atomic E-state index is -0.0834. The summed E-state index contributed by atoms with van der Waals surface area (Å²) in [5, 5.41) is 3.68. The Morgan fingerprint density at radius 3 is 2.40 bits per heavy atom. The lowest BCUT2D eigenvalue weighted by Gasteiger charge is -2.29. The second kappa shape index (κ2) is 7.78. The quantitative estimate of drug-likeness (QED) is 0.727. The smallest absolute Gasteiger partial charge is 0.127 e. The molecule has 1 aromatic rings. The largest absolute Gasteiger partial charge is 0.307 e. The zero-order chi connectivity index (χ0) is 14.4. The van der Waals surface area contributed by atoms with E-state index in [0.29, 0.717) is 6.04 Å². The molecule has 20 heavy (non-hydrogen) atoms. The van der Waals surface area contributed by atoms with E-state index < -0.39 is 0 Å². The molecule has 0 spiro atoms. The molecule has 0 amide bonds. The van der Waals surface area contributed by atoms with Crippen molar-refractivity contribution in [1.82, 2.24) is 5.32 Å². The lowest BCUT2D eigenvalue weighted by molar-refractivity contribution is 0.304. The average molecular weight is 277 g/mol. The fourth-order valence-corrected chi connectivity index (χ4v) is 3.45. The first-order valence-corrected chi connectivity index (χ1v) is 8.22. The maximum Gasteiger partial charge on any atom is 0.127 e. The molecule has 0 radical (unpaired) electrons. The number of rotatable bonds is 5. The number of hydrogen-bond donors (Lipinski definition) is 1. The van der Waals surface area contributed by atoms with Gasteiger partial charge in [-0.1, -0.05) is 50.8 Å². The highest BCUT2D eigenvalue weighted by Crippen LogP contribution is 2.28. The van der Waals surface area contributed by atoms with E-state index in [1.54, 1.807) is 12.1 Å². The van der Waals surface area contributed by atoms with Gasteiger partial charge in [-0.25, -0.2) is 4.39 Å². The molecule has 0 heterocycles. The molecule has 2 atom stereocenters. The van der Waals surface area contributed by atoms with Gasteiger partial charge in [0, 0.05) is 17.6 Å². The van der Waals surface area contributed by atoms with E-state index in [2.05, 4.69) is 19.2 Å². The number of nitrogens with one attached hydrogen (secondary N) is 1. The Balaban J connectivity index is 2.00. The second-order valence-corrected chi connectivity index (χ2v) is 6.19. The lowest BCUT2D eigenvalue weighted by Crippen LogP contribution is -2.36. The van der Waals surface area contributed by atoms with Crippen LogP contribution in [0.1, 0.15) is 70.4 Å². The van der Waals surface area contributed by atoms with Gasteiger partial charge in [-0.3, -0.25) is 0 Å². The summed E-state index contributed by atoms with van der Waals surface area (Å²) < 4.78 is 13.9. The van der Waals surface area contributed by atoms with Crippen LogP contribution in [0.4, 0.5) is 4.39 Å². The summed E-state index contributed by atoms with van der Waals surface area (Å²) in [6.07, 6.45) is 9.05. The Kier molecular flexibility index (Phi) is 6.03. The van der Waals surface area contributed by atoms with Crippen LogP contribution < -0.4 is 5.32 Å². The van der Waals surface area contributed by atoms with Gasteiger partial charge in [0.05, 0.1) is 0 Å². The van der Waals surface area contributed by atoms with Crippen molar-refractivity contribution in [2.75, 3.05) is 0 Å². The summed E-state index contributed by atoms with van der Waals surface area (Å²) in [4.78, 5) is 0. The number of benzene rings is 1. The van der Waals surface area contributed by atoms with E-state index in [0.717, 1.165) is 17.9 Å². The first-order valence-electron chi connectivity index (χ1n) is 8.22. The summed E-state index contributed by atoms with van der Waals surface area (Å²) in [6.45, 7) is 4.41. The molecule has 0 saturated heterocycles. The Morgan fingerprint density at radius 2 is 1.80 bits per heavy atom. The van der Waals surface area contributed by atoms with Gasteiger partial charge in [-0.05, 0) is 38.2 Å². The van der Waals surface area contributed by atoms with Crippen LogP contribution in [0.25, 0.3) is 0 Å². The Labute approximate surface area is 123 Å². The van der Waals surface area contributed by atoms with Gasteiger partial charge in [-0.2, -0.15) is 0 Å². The van der Waals surface area contributed by atoms with Gasteiger partial charge in [0.15, 0.2) is 0 Å². The van der Waals surface area contributed by atoms with Crippen molar-refractivity contribution in [3.05, 3.63) is 35.6 Å². The molecule has 1 nitrogen and oxygen atoms in total. The molecule has 2 rings (SSSR count). The highest BCUT2D eigenvalue weighted by atomic mass is 19.1. The van der Waals surface area contributed by atoms with Crippen molar-refractivity contribution >= 4 is 0 Å². The van der Waals surface area contributed by atoms with Crippen LogP contribution in [0.5, 0.6) is 0 Å². The predicted molar refractivity (Wildman–Crippen MR) is 83.2 cm³/mol. The monoisotopic (exact) mass is 277 g/mol. The lowest BCUT2D eigenvalue weighted by atomic mass is 9.91. The molecule has 1 aliphatic carbocycles. The standard InChI is InChI=1S/C18H28FN/c1-3-18(16-12-8-9-13-17(16)19)20-14(2)15-10-6-4-5-7-11-15/h8-9,12-15,18,20H,3-7,10-11H2,1-2H3/t14-,18?/m0/s1.